The van der Waals surface area contributed by atoms with E-state index in [-0.39, 0.29) is 18.7 Å². The van der Waals surface area contributed by atoms with Gasteiger partial charge in [0.1, 0.15) is 16.4 Å². The molecule has 35 heavy (non-hydrogen) atoms. The van der Waals surface area contributed by atoms with Crippen LogP contribution in [0.2, 0.25) is 0 Å². The molecule has 0 fully saturated rings. The number of fused-ring (bicyclic) bond motifs is 2. The van der Waals surface area contributed by atoms with Gasteiger partial charge in [-0.05, 0) is 41.3 Å². The van der Waals surface area contributed by atoms with Gasteiger partial charge in [-0.3, -0.25) is 0 Å². The second-order valence-electron chi connectivity index (χ2n) is 7.22. The number of benzene rings is 3. The fourth-order valence-electron chi connectivity index (χ4n) is 3.29. The van der Waals surface area contributed by atoms with Crippen LogP contribution in [0.4, 0.5) is 26.3 Å². The Morgan fingerprint density at radius 3 is 2.31 bits per heavy atom. The van der Waals surface area contributed by atoms with Gasteiger partial charge in [0.2, 0.25) is 11.9 Å². The minimum absolute atomic E-state index is 0.0949. The molecule has 0 amide bonds. The molecule has 1 aliphatic rings. The molecule has 0 bridgehead atoms. The van der Waals surface area contributed by atoms with E-state index >= 15 is 0 Å². The molecule has 0 atom stereocenters. The number of aromatic amines is 1. The first kappa shape index (κ1) is 24.5. The SMILES string of the molecule is FC(F)(F)C=[N+]1COc2cccc(-c3ccc(OC(F)(F)F)cc3)c2S1.c1ccc2[nH]ccc2c1. The van der Waals surface area contributed by atoms with Crippen LogP contribution >= 0.6 is 11.9 Å². The molecular formula is C24H17F6N2O2S+. The van der Waals surface area contributed by atoms with Crippen molar-refractivity contribution >= 4 is 29.1 Å². The molecule has 4 nitrogen and oxygen atoms in total. The molecular weight excluding hydrogens is 494 g/mol. The first-order chi connectivity index (χ1) is 16.6. The Morgan fingerprint density at radius 1 is 0.886 bits per heavy atom. The Bertz CT molecular complexity index is 1300. The molecule has 182 valence electrons. The largest absolute Gasteiger partial charge is 0.573 e. The number of hydrogen-bond donors (Lipinski definition) is 1. The van der Waals surface area contributed by atoms with Crippen molar-refractivity contribution in [2.24, 2.45) is 0 Å². The number of H-pyrrole nitrogens is 1. The van der Waals surface area contributed by atoms with E-state index in [0.29, 0.717) is 21.8 Å². The third-order valence-electron chi connectivity index (χ3n) is 4.69. The number of hydrogen-bond acceptors (Lipinski definition) is 3. The summed E-state index contributed by atoms with van der Waals surface area (Å²) in [6.07, 6.45) is -7.26. The number of para-hydroxylation sites is 1. The molecule has 1 aliphatic heterocycles. The second kappa shape index (κ2) is 9.95. The average Bonchev–Trinajstić information content (AvgIpc) is 3.27. The predicted octanol–water partition coefficient (Wildman–Crippen LogP) is 7.42. The van der Waals surface area contributed by atoms with Crippen LogP contribution in [0.3, 0.4) is 0 Å². The fraction of sp³-hybridized carbons (Fsp3) is 0.125. The van der Waals surface area contributed by atoms with Crippen molar-refractivity contribution in [3.8, 4) is 22.6 Å². The number of nitrogens with zero attached hydrogens (tertiary/aromatic N) is 1. The lowest BCUT2D eigenvalue weighted by molar-refractivity contribution is -0.403. The number of aromatic nitrogens is 1. The first-order valence-corrected chi connectivity index (χ1v) is 10.9. The minimum atomic E-state index is -4.80. The normalized spacial score (nSPS) is 14.6. The smallest absolute Gasteiger partial charge is 0.434 e. The van der Waals surface area contributed by atoms with E-state index in [9.17, 15) is 26.3 Å². The molecule has 0 saturated heterocycles. The van der Waals surface area contributed by atoms with Gasteiger partial charge in [-0.2, -0.15) is 13.2 Å². The van der Waals surface area contributed by atoms with Crippen LogP contribution in [0.25, 0.3) is 22.0 Å². The van der Waals surface area contributed by atoms with Gasteiger partial charge in [-0.15, -0.1) is 17.2 Å². The highest BCUT2D eigenvalue weighted by molar-refractivity contribution is 7.93. The van der Waals surface area contributed by atoms with Crippen molar-refractivity contribution in [3.63, 3.8) is 0 Å². The molecule has 0 radical (unpaired) electrons. The van der Waals surface area contributed by atoms with E-state index in [2.05, 4.69) is 27.9 Å². The van der Waals surface area contributed by atoms with Gasteiger partial charge in [0.15, 0.2) is 0 Å². The Balaban J connectivity index is 0.000000266. The van der Waals surface area contributed by atoms with Crippen LogP contribution in [0.5, 0.6) is 11.5 Å². The van der Waals surface area contributed by atoms with Crippen molar-refractivity contribution in [2.45, 2.75) is 17.4 Å². The molecule has 11 heteroatoms. The van der Waals surface area contributed by atoms with Crippen LogP contribution in [-0.2, 0) is 0 Å². The van der Waals surface area contributed by atoms with E-state index in [0.717, 1.165) is 28.1 Å². The van der Waals surface area contributed by atoms with Gasteiger partial charge in [0.25, 0.3) is 12.9 Å². The maximum Gasteiger partial charge on any atom is 0.573 e. The average molecular weight is 511 g/mol. The highest BCUT2D eigenvalue weighted by atomic mass is 32.2. The van der Waals surface area contributed by atoms with Gasteiger partial charge in [0, 0.05) is 17.3 Å². The van der Waals surface area contributed by atoms with Crippen molar-refractivity contribution in [1.82, 2.24) is 4.98 Å². The van der Waals surface area contributed by atoms with Gasteiger partial charge in [-0.25, -0.2) is 0 Å². The van der Waals surface area contributed by atoms with Crippen molar-refractivity contribution < 1.29 is 39.8 Å². The van der Waals surface area contributed by atoms with E-state index in [1.165, 1.54) is 23.0 Å². The van der Waals surface area contributed by atoms with Crippen molar-refractivity contribution in [2.75, 3.05) is 6.73 Å². The van der Waals surface area contributed by atoms with E-state index < -0.39 is 12.5 Å². The Labute approximate surface area is 199 Å². The lowest BCUT2D eigenvalue weighted by atomic mass is 10.1. The third kappa shape index (κ3) is 6.72. The topological polar surface area (TPSA) is 37.3 Å². The molecule has 4 aromatic rings. The zero-order chi connectivity index (χ0) is 25.1. The molecule has 3 aromatic carbocycles. The van der Waals surface area contributed by atoms with Gasteiger partial charge < -0.3 is 14.5 Å². The Morgan fingerprint density at radius 2 is 1.63 bits per heavy atom. The molecule has 1 aromatic heterocycles. The van der Waals surface area contributed by atoms with E-state index in [1.807, 2.05) is 18.3 Å². The number of nitrogens with one attached hydrogen (secondary N) is 1. The van der Waals surface area contributed by atoms with E-state index in [4.69, 9.17) is 4.74 Å². The molecule has 1 N–H and O–H groups in total. The standard InChI is InChI=1S/C16H10F6NO2S.C8H7N/c17-15(18,19)8-23-9-24-13-3-1-2-12(14(13)26-23)10-4-6-11(7-5-10)25-16(20,21)22;1-2-4-8-7(3-1)5-6-9-8/h1-8H,9H2;1-6,9H/q+1;. The van der Waals surface area contributed by atoms with Gasteiger partial charge in [-0.1, -0.05) is 42.5 Å². The lowest BCUT2D eigenvalue weighted by Crippen LogP contribution is -2.24. The number of rotatable bonds is 2. The summed E-state index contributed by atoms with van der Waals surface area (Å²) in [5.41, 5.74) is 2.25. The second-order valence-corrected chi connectivity index (χ2v) is 8.28. The Hall–Kier alpha value is -3.60. The molecule has 0 spiro atoms. The van der Waals surface area contributed by atoms with Crippen LogP contribution < -0.4 is 9.47 Å². The van der Waals surface area contributed by atoms with Crippen molar-refractivity contribution in [1.29, 1.82) is 0 Å². The van der Waals surface area contributed by atoms with Crippen LogP contribution in [-0.4, -0.2) is 34.4 Å². The predicted molar refractivity (Wildman–Crippen MR) is 121 cm³/mol. The molecule has 5 rings (SSSR count). The summed E-state index contributed by atoms with van der Waals surface area (Å²) < 4.78 is 84.4. The van der Waals surface area contributed by atoms with Crippen molar-refractivity contribution in [3.05, 3.63) is 79.0 Å². The summed E-state index contributed by atoms with van der Waals surface area (Å²) in [7, 11) is 0. The minimum Gasteiger partial charge on any atom is -0.434 e. The first-order valence-electron chi connectivity index (χ1n) is 10.1. The lowest BCUT2D eigenvalue weighted by Gasteiger charge is -2.17. The number of halogens is 6. The summed E-state index contributed by atoms with van der Waals surface area (Å²) in [6, 6.07) is 20.2. The van der Waals surface area contributed by atoms with Crippen LogP contribution in [0.15, 0.2) is 83.9 Å². The van der Waals surface area contributed by atoms with Gasteiger partial charge >= 0.3 is 12.5 Å². The number of ether oxygens (including phenoxy) is 2. The zero-order valence-electron chi connectivity index (χ0n) is 17.7. The Kier molecular flexibility index (Phi) is 6.97. The maximum atomic E-state index is 12.5. The maximum absolute atomic E-state index is 12.5. The zero-order valence-corrected chi connectivity index (χ0v) is 18.5. The quantitative estimate of drug-likeness (QED) is 0.173. The van der Waals surface area contributed by atoms with Gasteiger partial charge in [0.05, 0.1) is 0 Å². The fourth-order valence-corrected chi connectivity index (χ4v) is 4.30. The van der Waals surface area contributed by atoms with Crippen LogP contribution in [0.1, 0.15) is 0 Å². The highest BCUT2D eigenvalue weighted by Gasteiger charge is 2.35. The summed E-state index contributed by atoms with van der Waals surface area (Å²) in [5.74, 6) is 0.0110. The third-order valence-corrected chi connectivity index (χ3v) is 5.74. The molecule has 2 heterocycles. The summed E-state index contributed by atoms with van der Waals surface area (Å²) in [6.45, 7) is -0.279. The highest BCUT2D eigenvalue weighted by Crippen LogP contribution is 2.42. The molecule has 0 saturated carbocycles. The summed E-state index contributed by atoms with van der Waals surface area (Å²) in [4.78, 5) is 3.55. The van der Waals surface area contributed by atoms with E-state index in [1.54, 1.807) is 18.2 Å². The summed E-state index contributed by atoms with van der Waals surface area (Å²) >= 11 is 0.841. The molecule has 0 aliphatic carbocycles. The monoisotopic (exact) mass is 511 g/mol. The van der Waals surface area contributed by atoms with Crippen LogP contribution in [0, 0.1) is 0 Å². The molecule has 0 unspecified atom stereocenters. The summed E-state index contributed by atoms with van der Waals surface area (Å²) in [5, 5.41) is 1.28. The number of alkyl halides is 6.